The molecule has 2 aromatic carbocycles. The zero-order chi connectivity index (χ0) is 28.6. The van der Waals surface area contributed by atoms with E-state index in [0.717, 1.165) is 0 Å². The molecule has 0 amide bonds. The highest BCUT2D eigenvalue weighted by molar-refractivity contribution is 5.85. The summed E-state index contributed by atoms with van der Waals surface area (Å²) in [7, 11) is 0. The number of hydrogen-bond donors (Lipinski definition) is 1. The fourth-order valence-corrected chi connectivity index (χ4v) is 2.61. The molecular formula is C28H31F2N3O6. The Bertz CT molecular complexity index is 1290. The van der Waals surface area contributed by atoms with Crippen molar-refractivity contribution in [1.29, 1.82) is 0 Å². The number of halogens is 2. The molecule has 0 fully saturated rings. The van der Waals surface area contributed by atoms with E-state index in [9.17, 15) is 18.4 Å². The van der Waals surface area contributed by atoms with Gasteiger partial charge in [-0.15, -0.1) is 0 Å². The molecule has 0 saturated heterocycles. The van der Waals surface area contributed by atoms with Crippen molar-refractivity contribution in [2.45, 2.75) is 40.5 Å². The maximum absolute atomic E-state index is 12.7. The average molecular weight is 544 g/mol. The monoisotopic (exact) mass is 543 g/mol. The molecule has 2 heterocycles. The number of hydrogen-bond acceptors (Lipinski definition) is 9. The predicted molar refractivity (Wildman–Crippen MR) is 139 cm³/mol. The van der Waals surface area contributed by atoms with Gasteiger partial charge in [-0.3, -0.25) is 0 Å². The Morgan fingerprint density at radius 3 is 1.56 bits per heavy atom. The quantitative estimate of drug-likeness (QED) is 0.193. The van der Waals surface area contributed by atoms with Gasteiger partial charge in [0.05, 0.1) is 19.0 Å². The molecule has 1 N–H and O–H groups in total. The molecule has 0 aliphatic heterocycles. The minimum atomic E-state index is -0.704. The van der Waals surface area contributed by atoms with E-state index in [-0.39, 0.29) is 30.0 Å². The Labute approximate surface area is 225 Å². The second kappa shape index (κ2) is 16.5. The molecule has 4 rings (SSSR count). The molecule has 0 aliphatic carbocycles. The third-order valence-electron chi connectivity index (χ3n) is 4.70. The standard InChI is InChI=1S/C12H11FN2O3.C12H10FNO3.C4H10/c1-2-15-18-12(16)11-14-7-10(17-11)8-3-5-9(13)6-4-8;1-2-16-12(15)11-14-7-10(17-11)8-3-5-9(13)6-4-8;1-3-4-2/h3-7,15H,2H2,1H3;3-7H,2H2,1H3;3-4H2,1-2H3. The van der Waals surface area contributed by atoms with Gasteiger partial charge in [0.2, 0.25) is 0 Å². The van der Waals surface area contributed by atoms with Crippen LogP contribution in [0.3, 0.4) is 0 Å². The van der Waals surface area contributed by atoms with Crippen molar-refractivity contribution in [1.82, 2.24) is 15.4 Å². The summed E-state index contributed by atoms with van der Waals surface area (Å²) in [5.74, 6) is -1.48. The summed E-state index contributed by atoms with van der Waals surface area (Å²) in [6.45, 7) is 8.58. The summed E-state index contributed by atoms with van der Waals surface area (Å²) < 4.78 is 40.6. The van der Waals surface area contributed by atoms with Crippen LogP contribution in [0.2, 0.25) is 0 Å². The van der Waals surface area contributed by atoms with Gasteiger partial charge in [0.15, 0.2) is 11.5 Å². The molecule has 208 valence electrons. The van der Waals surface area contributed by atoms with E-state index in [0.29, 0.717) is 29.2 Å². The summed E-state index contributed by atoms with van der Waals surface area (Å²) in [6, 6.07) is 11.4. The van der Waals surface area contributed by atoms with Crippen molar-refractivity contribution >= 4 is 11.9 Å². The average Bonchev–Trinajstić information content (AvgIpc) is 3.64. The van der Waals surface area contributed by atoms with Crippen LogP contribution >= 0.6 is 0 Å². The molecule has 0 saturated carbocycles. The summed E-state index contributed by atoms with van der Waals surface area (Å²) in [5, 5.41) is 0. The van der Waals surface area contributed by atoms with Crippen molar-refractivity contribution < 1.29 is 36.8 Å². The highest BCUT2D eigenvalue weighted by Crippen LogP contribution is 2.21. The molecule has 0 bridgehead atoms. The molecule has 0 atom stereocenters. The lowest BCUT2D eigenvalue weighted by molar-refractivity contribution is 0.0221. The highest BCUT2D eigenvalue weighted by atomic mass is 19.1. The number of esters is 1. The second-order valence-corrected chi connectivity index (χ2v) is 7.68. The van der Waals surface area contributed by atoms with Gasteiger partial charge in [0.1, 0.15) is 11.6 Å². The molecule has 9 nitrogen and oxygen atoms in total. The van der Waals surface area contributed by atoms with E-state index in [1.54, 1.807) is 26.0 Å². The lowest BCUT2D eigenvalue weighted by Gasteiger charge is -1.99. The van der Waals surface area contributed by atoms with E-state index >= 15 is 0 Å². The number of nitrogens with zero attached hydrogens (tertiary/aromatic N) is 2. The number of hydroxylamine groups is 1. The fraction of sp³-hybridized carbons (Fsp3) is 0.286. The number of nitrogens with one attached hydrogen (secondary N) is 1. The first kappa shape index (κ1) is 30.8. The van der Waals surface area contributed by atoms with Gasteiger partial charge < -0.3 is 18.4 Å². The largest absolute Gasteiger partial charge is 0.459 e. The van der Waals surface area contributed by atoms with Crippen LogP contribution in [0, 0.1) is 11.6 Å². The van der Waals surface area contributed by atoms with Crippen LogP contribution in [0.25, 0.3) is 22.6 Å². The van der Waals surface area contributed by atoms with Crippen LogP contribution in [0.1, 0.15) is 61.9 Å². The Morgan fingerprint density at radius 1 is 0.744 bits per heavy atom. The van der Waals surface area contributed by atoms with Crippen molar-refractivity contribution in [3.63, 3.8) is 0 Å². The number of aromatic nitrogens is 2. The minimum Gasteiger partial charge on any atom is -0.459 e. The summed E-state index contributed by atoms with van der Waals surface area (Å²) in [6.07, 6.45) is 5.43. The first-order valence-electron chi connectivity index (χ1n) is 12.4. The second-order valence-electron chi connectivity index (χ2n) is 7.68. The number of carbonyl (C=O) groups is 2. The van der Waals surface area contributed by atoms with Crippen molar-refractivity contribution in [2.24, 2.45) is 0 Å². The number of oxazole rings is 2. The van der Waals surface area contributed by atoms with Crippen LogP contribution in [-0.2, 0) is 9.57 Å². The first-order chi connectivity index (χ1) is 18.8. The minimum absolute atomic E-state index is 0.105. The Kier molecular flexibility index (Phi) is 13.0. The molecule has 0 radical (unpaired) electrons. The molecule has 11 heteroatoms. The lowest BCUT2D eigenvalue weighted by atomic mass is 10.2. The number of carbonyl (C=O) groups excluding carboxylic acids is 2. The molecule has 0 aliphatic rings. The van der Waals surface area contributed by atoms with E-state index < -0.39 is 11.9 Å². The Hall–Kier alpha value is -4.38. The Balaban J connectivity index is 0.000000241. The van der Waals surface area contributed by atoms with Crippen LogP contribution in [0.4, 0.5) is 8.78 Å². The van der Waals surface area contributed by atoms with Gasteiger partial charge in [-0.2, -0.15) is 5.48 Å². The summed E-state index contributed by atoms with van der Waals surface area (Å²) >= 11 is 0. The zero-order valence-electron chi connectivity index (χ0n) is 22.2. The molecule has 0 unspecified atom stereocenters. The summed E-state index contributed by atoms with van der Waals surface area (Å²) in [5.41, 5.74) is 3.68. The fourth-order valence-electron chi connectivity index (χ4n) is 2.61. The smallest absolute Gasteiger partial charge is 0.413 e. The van der Waals surface area contributed by atoms with E-state index in [2.05, 4.69) is 34.1 Å². The van der Waals surface area contributed by atoms with E-state index in [1.807, 2.05) is 0 Å². The normalized spacial score (nSPS) is 10.0. The number of unbranched alkanes of at least 4 members (excludes halogenated alkanes) is 1. The maximum atomic E-state index is 12.7. The maximum Gasteiger partial charge on any atom is 0.413 e. The van der Waals surface area contributed by atoms with Crippen molar-refractivity contribution in [3.05, 3.63) is 84.3 Å². The number of rotatable bonds is 8. The van der Waals surface area contributed by atoms with Gasteiger partial charge in [0, 0.05) is 17.7 Å². The van der Waals surface area contributed by atoms with Crippen LogP contribution in [-0.4, -0.2) is 35.1 Å². The number of ether oxygens (including phenoxy) is 1. The van der Waals surface area contributed by atoms with Gasteiger partial charge in [-0.05, 0) is 62.4 Å². The lowest BCUT2D eigenvalue weighted by Crippen LogP contribution is -2.19. The topological polar surface area (TPSA) is 117 Å². The SMILES string of the molecule is CCCC.CCNOC(=O)c1ncc(-c2ccc(F)cc2)o1.CCOC(=O)c1ncc(-c2ccc(F)cc2)o1. The third kappa shape index (κ3) is 10.1. The first-order valence-corrected chi connectivity index (χ1v) is 12.4. The number of benzene rings is 2. The van der Waals surface area contributed by atoms with E-state index in [1.165, 1.54) is 61.6 Å². The van der Waals surface area contributed by atoms with Crippen LogP contribution in [0.5, 0.6) is 0 Å². The van der Waals surface area contributed by atoms with Gasteiger partial charge in [-0.25, -0.2) is 28.3 Å². The van der Waals surface area contributed by atoms with Crippen LogP contribution < -0.4 is 5.48 Å². The molecule has 4 aromatic rings. The summed E-state index contributed by atoms with van der Waals surface area (Å²) in [4.78, 5) is 34.9. The molecule has 0 spiro atoms. The van der Waals surface area contributed by atoms with Crippen molar-refractivity contribution in [2.75, 3.05) is 13.2 Å². The molecular weight excluding hydrogens is 512 g/mol. The van der Waals surface area contributed by atoms with Gasteiger partial charge in [0.25, 0.3) is 0 Å². The molecule has 39 heavy (non-hydrogen) atoms. The predicted octanol–water partition coefficient (Wildman–Crippen LogP) is 6.63. The van der Waals surface area contributed by atoms with Crippen molar-refractivity contribution in [3.8, 4) is 22.6 Å². The highest BCUT2D eigenvalue weighted by Gasteiger charge is 2.16. The van der Waals surface area contributed by atoms with Crippen LogP contribution in [0.15, 0.2) is 69.8 Å². The van der Waals surface area contributed by atoms with E-state index in [4.69, 9.17) is 13.6 Å². The third-order valence-corrected chi connectivity index (χ3v) is 4.70. The van der Waals surface area contributed by atoms with Gasteiger partial charge >= 0.3 is 23.7 Å². The van der Waals surface area contributed by atoms with Gasteiger partial charge in [-0.1, -0.05) is 26.7 Å². The molecule has 2 aromatic heterocycles. The Morgan fingerprint density at radius 2 is 1.18 bits per heavy atom. The zero-order valence-corrected chi connectivity index (χ0v) is 22.2.